The van der Waals surface area contributed by atoms with Crippen molar-refractivity contribution >= 4 is 5.91 Å². The van der Waals surface area contributed by atoms with Crippen LogP contribution in [0.1, 0.15) is 24.8 Å². The Kier molecular flexibility index (Phi) is 4.27. The molecule has 4 nitrogen and oxygen atoms in total. The van der Waals surface area contributed by atoms with Crippen LogP contribution < -0.4 is 5.73 Å². The van der Waals surface area contributed by atoms with E-state index in [1.165, 1.54) is 0 Å². The Morgan fingerprint density at radius 3 is 2.62 bits per heavy atom. The Hall–Kier alpha value is -1.39. The van der Waals surface area contributed by atoms with Crippen LogP contribution in [0.2, 0.25) is 0 Å². The fourth-order valence-corrected chi connectivity index (χ4v) is 3.62. The number of carbonyl (C=O) groups excluding carboxylic acids is 1. The summed E-state index contributed by atoms with van der Waals surface area (Å²) in [7, 11) is 0. The number of rotatable bonds is 3. The first-order chi connectivity index (χ1) is 10.3. The molecule has 2 aliphatic heterocycles. The second-order valence-corrected chi connectivity index (χ2v) is 6.20. The van der Waals surface area contributed by atoms with E-state index in [1.54, 1.807) is 0 Å². The number of nitrogens with zero attached hydrogens (tertiary/aromatic N) is 1. The Labute approximate surface area is 126 Å². The van der Waals surface area contributed by atoms with E-state index in [-0.39, 0.29) is 5.91 Å². The summed E-state index contributed by atoms with van der Waals surface area (Å²) < 4.78 is 5.51. The smallest absolute Gasteiger partial charge is 0.233 e. The van der Waals surface area contributed by atoms with E-state index in [0.29, 0.717) is 25.7 Å². The van der Waals surface area contributed by atoms with Gasteiger partial charge in [-0.1, -0.05) is 30.3 Å². The first-order valence-electron chi connectivity index (χ1n) is 7.89. The fourth-order valence-electron chi connectivity index (χ4n) is 3.62. The Balaban J connectivity index is 1.87. The molecule has 1 atom stereocenters. The molecule has 2 N–H and O–H groups in total. The van der Waals surface area contributed by atoms with Crippen LogP contribution in [-0.4, -0.2) is 43.7 Å². The van der Waals surface area contributed by atoms with Gasteiger partial charge in [-0.25, -0.2) is 0 Å². The van der Waals surface area contributed by atoms with Crippen molar-refractivity contribution < 1.29 is 9.53 Å². The number of likely N-dealkylation sites (tertiary alicyclic amines) is 1. The van der Waals surface area contributed by atoms with Gasteiger partial charge in [0, 0.05) is 26.3 Å². The van der Waals surface area contributed by atoms with Crippen LogP contribution in [0, 0.1) is 5.92 Å². The lowest BCUT2D eigenvalue weighted by Gasteiger charge is -2.39. The maximum atomic E-state index is 13.2. The highest BCUT2D eigenvalue weighted by Gasteiger charge is 2.45. The standard InChI is InChI=1S/C17H24N2O2/c18-12-14-6-9-19(13-14)16(20)17(7-10-21-11-8-17)15-4-2-1-3-5-15/h1-5,14H,6-13,18H2. The molecule has 0 radical (unpaired) electrons. The van der Waals surface area contributed by atoms with Gasteiger partial charge in [-0.3, -0.25) is 4.79 Å². The molecule has 2 aliphatic rings. The third-order valence-corrected chi connectivity index (χ3v) is 4.99. The van der Waals surface area contributed by atoms with Gasteiger partial charge in [-0.2, -0.15) is 0 Å². The number of ether oxygens (including phenoxy) is 1. The summed E-state index contributed by atoms with van der Waals surface area (Å²) in [4.78, 5) is 15.2. The van der Waals surface area contributed by atoms with Crippen LogP contribution in [0.15, 0.2) is 30.3 Å². The van der Waals surface area contributed by atoms with Crippen LogP contribution in [0.4, 0.5) is 0 Å². The SMILES string of the molecule is NCC1CCN(C(=O)C2(c3ccccc3)CCOCC2)C1. The van der Waals surface area contributed by atoms with E-state index < -0.39 is 5.41 Å². The number of carbonyl (C=O) groups is 1. The monoisotopic (exact) mass is 288 g/mol. The van der Waals surface area contributed by atoms with Crippen molar-refractivity contribution in [2.45, 2.75) is 24.7 Å². The minimum absolute atomic E-state index is 0.271. The summed E-state index contributed by atoms with van der Waals surface area (Å²) >= 11 is 0. The second kappa shape index (κ2) is 6.16. The van der Waals surface area contributed by atoms with Gasteiger partial charge in [0.15, 0.2) is 0 Å². The van der Waals surface area contributed by atoms with Gasteiger partial charge in [0.2, 0.25) is 5.91 Å². The third kappa shape index (κ3) is 2.70. The van der Waals surface area contributed by atoms with Crippen molar-refractivity contribution in [2.24, 2.45) is 11.7 Å². The first kappa shape index (κ1) is 14.5. The minimum atomic E-state index is -0.400. The topological polar surface area (TPSA) is 55.6 Å². The molecule has 21 heavy (non-hydrogen) atoms. The first-order valence-corrected chi connectivity index (χ1v) is 7.89. The summed E-state index contributed by atoms with van der Waals surface area (Å²) in [6, 6.07) is 10.2. The molecule has 1 unspecified atom stereocenters. The largest absolute Gasteiger partial charge is 0.381 e. The molecule has 2 saturated heterocycles. The summed E-state index contributed by atoms with van der Waals surface area (Å²) in [6.45, 7) is 3.65. The van der Waals surface area contributed by atoms with Crippen molar-refractivity contribution in [2.75, 3.05) is 32.8 Å². The minimum Gasteiger partial charge on any atom is -0.381 e. The molecular weight excluding hydrogens is 264 g/mol. The van der Waals surface area contributed by atoms with Gasteiger partial charge < -0.3 is 15.4 Å². The Bertz CT molecular complexity index is 483. The number of hydrogen-bond donors (Lipinski definition) is 1. The maximum Gasteiger partial charge on any atom is 0.233 e. The molecule has 0 spiro atoms. The molecule has 2 heterocycles. The normalized spacial score (nSPS) is 25.0. The van der Waals surface area contributed by atoms with E-state index in [2.05, 4.69) is 12.1 Å². The molecule has 114 valence electrons. The molecule has 1 amide bonds. The molecule has 0 aliphatic carbocycles. The third-order valence-electron chi connectivity index (χ3n) is 4.99. The predicted molar refractivity (Wildman–Crippen MR) is 81.9 cm³/mol. The van der Waals surface area contributed by atoms with E-state index in [0.717, 1.165) is 37.9 Å². The molecule has 1 aromatic rings. The average molecular weight is 288 g/mol. The van der Waals surface area contributed by atoms with Gasteiger partial charge in [0.05, 0.1) is 5.41 Å². The van der Waals surface area contributed by atoms with Gasteiger partial charge in [-0.05, 0) is 37.3 Å². The lowest BCUT2D eigenvalue weighted by atomic mass is 9.73. The Morgan fingerprint density at radius 2 is 2.00 bits per heavy atom. The van der Waals surface area contributed by atoms with Crippen molar-refractivity contribution in [1.82, 2.24) is 4.90 Å². The lowest BCUT2D eigenvalue weighted by molar-refractivity contribution is -0.140. The zero-order valence-corrected chi connectivity index (χ0v) is 12.5. The van der Waals surface area contributed by atoms with Crippen LogP contribution in [-0.2, 0) is 14.9 Å². The maximum absolute atomic E-state index is 13.2. The second-order valence-electron chi connectivity index (χ2n) is 6.20. The summed E-state index contributed by atoms with van der Waals surface area (Å²) in [5.74, 6) is 0.731. The van der Waals surface area contributed by atoms with Crippen LogP contribution in [0.3, 0.4) is 0 Å². The summed E-state index contributed by atoms with van der Waals surface area (Å²) in [5, 5.41) is 0. The van der Waals surface area contributed by atoms with Crippen molar-refractivity contribution in [3.05, 3.63) is 35.9 Å². The average Bonchev–Trinajstić information content (AvgIpc) is 3.04. The van der Waals surface area contributed by atoms with Crippen molar-refractivity contribution in [1.29, 1.82) is 0 Å². The highest BCUT2D eigenvalue weighted by Crippen LogP contribution is 2.37. The molecule has 0 saturated carbocycles. The number of benzene rings is 1. The molecule has 3 rings (SSSR count). The quantitative estimate of drug-likeness (QED) is 0.918. The van der Waals surface area contributed by atoms with Crippen LogP contribution in [0.5, 0.6) is 0 Å². The fraction of sp³-hybridized carbons (Fsp3) is 0.588. The van der Waals surface area contributed by atoms with E-state index in [4.69, 9.17) is 10.5 Å². The molecule has 0 aromatic heterocycles. The number of hydrogen-bond acceptors (Lipinski definition) is 3. The summed E-state index contributed by atoms with van der Waals surface area (Å²) in [5.41, 5.74) is 6.49. The van der Waals surface area contributed by atoms with Gasteiger partial charge >= 0.3 is 0 Å². The van der Waals surface area contributed by atoms with Crippen LogP contribution in [0.25, 0.3) is 0 Å². The molecular formula is C17H24N2O2. The number of amides is 1. The summed E-state index contributed by atoms with van der Waals surface area (Å²) in [6.07, 6.45) is 2.59. The van der Waals surface area contributed by atoms with E-state index in [9.17, 15) is 4.79 Å². The molecule has 4 heteroatoms. The molecule has 2 fully saturated rings. The molecule has 0 bridgehead atoms. The van der Waals surface area contributed by atoms with Crippen molar-refractivity contribution in [3.8, 4) is 0 Å². The predicted octanol–water partition coefficient (Wildman–Crippen LogP) is 1.54. The van der Waals surface area contributed by atoms with Crippen LogP contribution >= 0.6 is 0 Å². The van der Waals surface area contributed by atoms with E-state index >= 15 is 0 Å². The van der Waals surface area contributed by atoms with E-state index in [1.807, 2.05) is 23.1 Å². The zero-order chi connectivity index (χ0) is 14.7. The highest BCUT2D eigenvalue weighted by atomic mass is 16.5. The number of nitrogens with two attached hydrogens (primary N) is 1. The Morgan fingerprint density at radius 1 is 1.29 bits per heavy atom. The molecule has 1 aromatic carbocycles. The van der Waals surface area contributed by atoms with Gasteiger partial charge in [-0.15, -0.1) is 0 Å². The highest BCUT2D eigenvalue weighted by molar-refractivity contribution is 5.88. The zero-order valence-electron chi connectivity index (χ0n) is 12.5. The van der Waals surface area contributed by atoms with Gasteiger partial charge in [0.1, 0.15) is 0 Å². The van der Waals surface area contributed by atoms with Gasteiger partial charge in [0.25, 0.3) is 0 Å². The lowest BCUT2D eigenvalue weighted by Crippen LogP contribution is -2.49. The van der Waals surface area contributed by atoms with Crippen molar-refractivity contribution in [3.63, 3.8) is 0 Å².